The number of aliphatic hydroxyl groups is 1. The van der Waals surface area contributed by atoms with E-state index in [1.165, 1.54) is 6.07 Å². The van der Waals surface area contributed by atoms with Crippen molar-refractivity contribution in [2.45, 2.75) is 44.9 Å². The van der Waals surface area contributed by atoms with Crippen molar-refractivity contribution < 1.29 is 18.8 Å². The van der Waals surface area contributed by atoms with E-state index in [9.17, 15) is 14.1 Å². The molecule has 0 spiro atoms. The molecule has 1 amide bonds. The first-order valence-electron chi connectivity index (χ1n) is 13.9. The van der Waals surface area contributed by atoms with Gasteiger partial charge in [-0.1, -0.05) is 57.5 Å². The Morgan fingerprint density at radius 2 is 1.60 bits per heavy atom. The van der Waals surface area contributed by atoms with Crippen molar-refractivity contribution >= 4 is 51.2 Å². The molecule has 1 aromatic heterocycles. The van der Waals surface area contributed by atoms with Crippen LogP contribution in [0.2, 0.25) is 5.02 Å². The average Bonchev–Trinajstić information content (AvgIpc) is 3.46. The van der Waals surface area contributed by atoms with Gasteiger partial charge in [-0.3, -0.25) is 14.9 Å². The van der Waals surface area contributed by atoms with Crippen molar-refractivity contribution in [1.29, 1.82) is 0 Å². The first-order chi connectivity index (χ1) is 20.9. The van der Waals surface area contributed by atoms with E-state index in [2.05, 4.69) is 36.2 Å². The molecular formula is C30H40ClN7O4S. The van der Waals surface area contributed by atoms with Crippen LogP contribution in [0.5, 0.6) is 5.75 Å². The molecular weight excluding hydrogens is 590 g/mol. The summed E-state index contributed by atoms with van der Waals surface area (Å²) in [7, 11) is 1.66. The number of fused-ring (bicyclic) bond motifs is 1. The molecule has 5 rings (SSSR count). The number of benzene rings is 3. The number of ether oxygens (including phenoxy) is 1. The highest BCUT2D eigenvalue weighted by atomic mass is 35.5. The van der Waals surface area contributed by atoms with E-state index in [1.807, 2.05) is 64.1 Å². The van der Waals surface area contributed by atoms with Crippen LogP contribution in [-0.4, -0.2) is 58.2 Å². The maximum absolute atomic E-state index is 12.9. The number of carbonyl (C=O) groups excluding carboxylic acids is 1. The third kappa shape index (κ3) is 10.4. The Bertz CT molecular complexity index is 1460. The maximum atomic E-state index is 12.9. The molecule has 3 atom stereocenters. The van der Waals surface area contributed by atoms with Gasteiger partial charge in [0.15, 0.2) is 22.6 Å². The topological polar surface area (TPSA) is 150 Å². The SMILES string of the molecule is CC.CC.CNc1nc2ccccc2nc1NS(=O)c1cccc(C(=O)NC2CNNC2O)c1.COc1ccc(Cl)cc1. The Kier molecular flexibility index (Phi) is 15.4. The van der Waals surface area contributed by atoms with Gasteiger partial charge in [0.2, 0.25) is 0 Å². The number of carbonyl (C=O) groups is 1. The van der Waals surface area contributed by atoms with Gasteiger partial charge >= 0.3 is 0 Å². The first-order valence-corrected chi connectivity index (χ1v) is 15.4. The third-order valence-electron chi connectivity index (χ3n) is 5.63. The number of nitrogens with zero attached hydrogens (tertiary/aromatic N) is 2. The molecule has 1 aliphatic rings. The number of hydrazine groups is 1. The number of hydrogen-bond donors (Lipinski definition) is 6. The Morgan fingerprint density at radius 3 is 2.16 bits per heavy atom. The molecule has 2 heterocycles. The number of aliphatic hydroxyl groups excluding tert-OH is 1. The molecule has 1 saturated heterocycles. The van der Waals surface area contributed by atoms with E-state index in [0.29, 0.717) is 34.2 Å². The fourth-order valence-electron chi connectivity index (χ4n) is 3.58. The van der Waals surface area contributed by atoms with Crippen molar-refractivity contribution in [1.82, 2.24) is 26.1 Å². The lowest BCUT2D eigenvalue weighted by Gasteiger charge is -2.15. The van der Waals surface area contributed by atoms with Gasteiger partial charge in [-0.15, -0.1) is 0 Å². The summed E-state index contributed by atoms with van der Waals surface area (Å²) in [6.45, 7) is 8.40. The van der Waals surface area contributed by atoms with Gasteiger partial charge in [0.05, 0.1) is 29.1 Å². The molecule has 232 valence electrons. The second-order valence-electron chi connectivity index (χ2n) is 8.27. The maximum Gasteiger partial charge on any atom is 0.251 e. The van der Waals surface area contributed by atoms with Gasteiger partial charge in [0, 0.05) is 24.2 Å². The molecule has 0 radical (unpaired) electrons. The Hall–Kier alpha value is -3.81. The smallest absolute Gasteiger partial charge is 0.251 e. The highest BCUT2D eigenvalue weighted by Gasteiger charge is 2.26. The highest BCUT2D eigenvalue weighted by molar-refractivity contribution is 7.86. The lowest BCUT2D eigenvalue weighted by atomic mass is 10.2. The zero-order chi connectivity index (χ0) is 31.8. The lowest BCUT2D eigenvalue weighted by molar-refractivity contribution is 0.0850. The molecule has 0 saturated carbocycles. The largest absolute Gasteiger partial charge is 0.497 e. The number of methoxy groups -OCH3 is 1. The average molecular weight is 630 g/mol. The fraction of sp³-hybridized carbons (Fsp3) is 0.300. The van der Waals surface area contributed by atoms with Crippen molar-refractivity contribution in [3.63, 3.8) is 0 Å². The van der Waals surface area contributed by atoms with Gasteiger partial charge in [0.1, 0.15) is 12.0 Å². The van der Waals surface area contributed by atoms with Crippen LogP contribution in [0.25, 0.3) is 11.0 Å². The summed E-state index contributed by atoms with van der Waals surface area (Å²) in [5.41, 5.74) is 7.11. The summed E-state index contributed by atoms with van der Waals surface area (Å²) in [6, 6.07) is 20.6. The standard InChI is InChI=1S/C19H21N7O3S.C7H7ClO.2C2H6/c1-20-16-17(23-14-8-3-2-7-13(14)22-16)26-30(29)12-6-4-5-11(9-12)18(27)24-15-10-21-25-19(15)28;1-9-7-4-2-6(8)3-5-7;2*1-2/h2-9,15,19,21,25,28H,10H2,1H3,(H,20,22)(H,23,26)(H,24,27);2-5H,1H3;2*1-2H3. The Balaban J connectivity index is 0.000000418. The second-order valence-corrected chi connectivity index (χ2v) is 9.92. The van der Waals surface area contributed by atoms with Crippen molar-refractivity contribution in [3.05, 3.63) is 83.4 Å². The zero-order valence-corrected chi connectivity index (χ0v) is 26.7. The van der Waals surface area contributed by atoms with Gasteiger partial charge in [-0.05, 0) is 54.6 Å². The molecule has 1 aliphatic heterocycles. The molecule has 13 heteroatoms. The second kappa shape index (κ2) is 18.7. The van der Waals surface area contributed by atoms with E-state index in [1.54, 1.807) is 44.5 Å². The van der Waals surface area contributed by atoms with Crippen LogP contribution in [0.15, 0.2) is 77.7 Å². The Morgan fingerprint density at radius 1 is 0.977 bits per heavy atom. The molecule has 3 aromatic carbocycles. The molecule has 4 aromatic rings. The molecule has 6 N–H and O–H groups in total. The number of para-hydroxylation sites is 2. The summed E-state index contributed by atoms with van der Waals surface area (Å²) in [5.74, 6) is 1.27. The van der Waals surface area contributed by atoms with Crippen molar-refractivity contribution in [3.8, 4) is 5.75 Å². The quantitative estimate of drug-likeness (QED) is 0.171. The number of hydrogen-bond acceptors (Lipinski definition) is 9. The predicted molar refractivity (Wildman–Crippen MR) is 175 cm³/mol. The minimum atomic E-state index is -1.67. The summed E-state index contributed by atoms with van der Waals surface area (Å²) in [6.07, 6.45) is -0.876. The summed E-state index contributed by atoms with van der Waals surface area (Å²) >= 11 is 5.61. The van der Waals surface area contributed by atoms with Crippen LogP contribution in [0, 0.1) is 0 Å². The van der Waals surface area contributed by atoms with Gasteiger partial charge in [-0.2, -0.15) is 0 Å². The Labute approximate surface area is 260 Å². The van der Waals surface area contributed by atoms with E-state index >= 15 is 0 Å². The molecule has 0 aliphatic carbocycles. The summed E-state index contributed by atoms with van der Waals surface area (Å²) in [4.78, 5) is 21.9. The number of amides is 1. The van der Waals surface area contributed by atoms with Gasteiger partial charge < -0.3 is 20.5 Å². The van der Waals surface area contributed by atoms with E-state index in [0.717, 1.165) is 16.3 Å². The normalized spacial score (nSPS) is 15.7. The number of halogens is 1. The van der Waals surface area contributed by atoms with Crippen molar-refractivity contribution in [2.75, 3.05) is 30.7 Å². The van der Waals surface area contributed by atoms with Crippen LogP contribution < -0.4 is 30.9 Å². The van der Waals surface area contributed by atoms with E-state index in [4.69, 9.17) is 16.3 Å². The number of anilines is 2. The summed E-state index contributed by atoms with van der Waals surface area (Å²) < 4.78 is 20.7. The highest BCUT2D eigenvalue weighted by Crippen LogP contribution is 2.23. The van der Waals surface area contributed by atoms with E-state index in [-0.39, 0.29) is 5.91 Å². The zero-order valence-electron chi connectivity index (χ0n) is 25.1. The number of rotatable bonds is 7. The van der Waals surface area contributed by atoms with Crippen LogP contribution in [-0.2, 0) is 11.0 Å². The molecule has 43 heavy (non-hydrogen) atoms. The fourth-order valence-corrected chi connectivity index (χ4v) is 4.58. The first kappa shape index (κ1) is 35.4. The number of aromatic nitrogens is 2. The van der Waals surface area contributed by atoms with Crippen LogP contribution >= 0.6 is 11.6 Å². The van der Waals surface area contributed by atoms with Gasteiger partial charge in [-0.25, -0.2) is 19.6 Å². The minimum Gasteiger partial charge on any atom is -0.497 e. The summed E-state index contributed by atoms with van der Waals surface area (Å²) in [5, 5.41) is 16.2. The van der Waals surface area contributed by atoms with Crippen LogP contribution in [0.4, 0.5) is 11.6 Å². The predicted octanol–water partition coefficient (Wildman–Crippen LogP) is 4.73. The lowest BCUT2D eigenvalue weighted by Crippen LogP contribution is -2.44. The molecule has 11 nitrogen and oxygen atoms in total. The van der Waals surface area contributed by atoms with Crippen LogP contribution in [0.3, 0.4) is 0 Å². The molecule has 0 bridgehead atoms. The number of nitrogens with one attached hydrogen (secondary N) is 5. The third-order valence-corrected chi connectivity index (χ3v) is 6.94. The molecule has 3 unspecified atom stereocenters. The van der Waals surface area contributed by atoms with Gasteiger partial charge in [0.25, 0.3) is 5.91 Å². The molecule has 1 fully saturated rings. The van der Waals surface area contributed by atoms with Crippen molar-refractivity contribution in [2.24, 2.45) is 0 Å². The van der Waals surface area contributed by atoms with E-state index < -0.39 is 23.3 Å². The minimum absolute atomic E-state index is 0.334. The van der Waals surface area contributed by atoms with Crippen LogP contribution in [0.1, 0.15) is 38.1 Å². The monoisotopic (exact) mass is 629 g/mol.